The highest BCUT2D eigenvalue weighted by molar-refractivity contribution is 5.64. The number of carboxylic acid groups (broad SMARTS) is 1. The van der Waals surface area contributed by atoms with Gasteiger partial charge in [0, 0.05) is 6.54 Å². The van der Waals surface area contributed by atoms with Gasteiger partial charge in [0.25, 0.3) is 0 Å². The lowest BCUT2D eigenvalue weighted by atomic mass is 9.62. The van der Waals surface area contributed by atoms with E-state index in [0.29, 0.717) is 6.54 Å². The summed E-state index contributed by atoms with van der Waals surface area (Å²) < 4.78 is 0. The zero-order chi connectivity index (χ0) is 9.19. The van der Waals surface area contributed by atoms with E-state index in [4.69, 9.17) is 5.11 Å². The molecule has 0 saturated heterocycles. The number of nitrogens with one attached hydrogen (secondary N) is 1. The molecule has 0 aromatic heterocycles. The third-order valence-electron chi connectivity index (χ3n) is 2.81. The minimum absolute atomic E-state index is 0.235. The van der Waals surface area contributed by atoms with Crippen LogP contribution in [0.25, 0.3) is 0 Å². The molecular formula is C9H17NO2. The van der Waals surface area contributed by atoms with Gasteiger partial charge in [-0.25, -0.2) is 4.79 Å². The van der Waals surface area contributed by atoms with Crippen molar-refractivity contribution >= 4 is 6.09 Å². The first kappa shape index (κ1) is 9.36. The molecule has 0 radical (unpaired) electrons. The number of carbonyl (C=O) groups is 1. The van der Waals surface area contributed by atoms with E-state index in [9.17, 15) is 4.79 Å². The van der Waals surface area contributed by atoms with Crippen molar-refractivity contribution in [3.8, 4) is 0 Å². The highest BCUT2D eigenvalue weighted by Crippen LogP contribution is 2.46. The second-order valence-corrected chi connectivity index (χ2v) is 4.15. The first-order valence-corrected chi connectivity index (χ1v) is 4.52. The van der Waals surface area contributed by atoms with Crippen molar-refractivity contribution in [3.05, 3.63) is 0 Å². The summed E-state index contributed by atoms with van der Waals surface area (Å²) in [6.45, 7) is 4.95. The van der Waals surface area contributed by atoms with E-state index in [1.54, 1.807) is 0 Å². The molecule has 0 spiro atoms. The second kappa shape index (κ2) is 3.33. The van der Waals surface area contributed by atoms with Gasteiger partial charge in [0.1, 0.15) is 0 Å². The van der Waals surface area contributed by atoms with Gasteiger partial charge in [-0.2, -0.15) is 0 Å². The first-order chi connectivity index (χ1) is 5.56. The zero-order valence-corrected chi connectivity index (χ0v) is 7.76. The molecular weight excluding hydrogens is 154 g/mol. The smallest absolute Gasteiger partial charge is 0.404 e. The number of hydrogen-bond acceptors (Lipinski definition) is 1. The van der Waals surface area contributed by atoms with Crippen LogP contribution in [0.3, 0.4) is 0 Å². The Morgan fingerprint density at radius 2 is 2.25 bits per heavy atom. The highest BCUT2D eigenvalue weighted by Gasteiger charge is 2.38. The van der Waals surface area contributed by atoms with Crippen LogP contribution < -0.4 is 5.32 Å². The number of rotatable bonds is 3. The van der Waals surface area contributed by atoms with Crippen LogP contribution in [0, 0.1) is 11.3 Å². The van der Waals surface area contributed by atoms with E-state index in [-0.39, 0.29) is 5.41 Å². The number of hydrogen-bond donors (Lipinski definition) is 2. The van der Waals surface area contributed by atoms with Crippen LogP contribution in [0.5, 0.6) is 0 Å². The summed E-state index contributed by atoms with van der Waals surface area (Å²) in [5.74, 6) is 0.825. The molecule has 70 valence electrons. The molecule has 1 aliphatic rings. The first-order valence-electron chi connectivity index (χ1n) is 4.52. The van der Waals surface area contributed by atoms with Crippen LogP contribution in [-0.2, 0) is 0 Å². The molecule has 1 fully saturated rings. The van der Waals surface area contributed by atoms with Crippen LogP contribution >= 0.6 is 0 Å². The van der Waals surface area contributed by atoms with E-state index >= 15 is 0 Å². The van der Waals surface area contributed by atoms with Crippen molar-refractivity contribution in [3.63, 3.8) is 0 Å². The summed E-state index contributed by atoms with van der Waals surface area (Å²) in [5.41, 5.74) is 0.235. The zero-order valence-electron chi connectivity index (χ0n) is 7.76. The van der Waals surface area contributed by atoms with E-state index in [1.807, 2.05) is 0 Å². The van der Waals surface area contributed by atoms with Gasteiger partial charge in [-0.1, -0.05) is 20.3 Å². The molecule has 0 aromatic carbocycles. The average Bonchev–Trinajstić information content (AvgIpc) is 1.95. The van der Waals surface area contributed by atoms with Crippen LogP contribution in [0.15, 0.2) is 0 Å². The minimum Gasteiger partial charge on any atom is -0.465 e. The lowest BCUT2D eigenvalue weighted by molar-refractivity contribution is 0.0712. The van der Waals surface area contributed by atoms with E-state index in [2.05, 4.69) is 19.2 Å². The van der Waals surface area contributed by atoms with Crippen molar-refractivity contribution in [2.24, 2.45) is 11.3 Å². The van der Waals surface area contributed by atoms with Crippen molar-refractivity contribution < 1.29 is 9.90 Å². The van der Waals surface area contributed by atoms with Gasteiger partial charge < -0.3 is 10.4 Å². The van der Waals surface area contributed by atoms with Gasteiger partial charge in [-0.3, -0.25) is 0 Å². The fourth-order valence-corrected chi connectivity index (χ4v) is 2.06. The fourth-order valence-electron chi connectivity index (χ4n) is 2.06. The van der Waals surface area contributed by atoms with Crippen molar-refractivity contribution in [1.82, 2.24) is 5.32 Å². The van der Waals surface area contributed by atoms with Crippen molar-refractivity contribution in [2.45, 2.75) is 33.1 Å². The van der Waals surface area contributed by atoms with Gasteiger partial charge in [0.2, 0.25) is 0 Å². The summed E-state index contributed by atoms with van der Waals surface area (Å²) in [6, 6.07) is 0. The lowest BCUT2D eigenvalue weighted by Gasteiger charge is -2.45. The van der Waals surface area contributed by atoms with Gasteiger partial charge in [-0.15, -0.1) is 0 Å². The molecule has 3 heteroatoms. The van der Waals surface area contributed by atoms with Crippen molar-refractivity contribution in [2.75, 3.05) is 6.54 Å². The van der Waals surface area contributed by atoms with Crippen LogP contribution in [0.1, 0.15) is 33.1 Å². The molecule has 0 atom stereocenters. The Morgan fingerprint density at radius 1 is 1.67 bits per heavy atom. The Bertz CT molecular complexity index is 173. The molecule has 0 unspecified atom stereocenters. The van der Waals surface area contributed by atoms with Crippen LogP contribution in [0.2, 0.25) is 0 Å². The van der Waals surface area contributed by atoms with Gasteiger partial charge in [0.15, 0.2) is 0 Å². The Kier molecular flexibility index (Phi) is 2.60. The molecule has 0 aromatic rings. The highest BCUT2D eigenvalue weighted by atomic mass is 16.4. The summed E-state index contributed by atoms with van der Waals surface area (Å²) in [7, 11) is 0. The Balaban J connectivity index is 2.21. The molecule has 12 heavy (non-hydrogen) atoms. The van der Waals surface area contributed by atoms with Gasteiger partial charge in [0.05, 0.1) is 0 Å². The quantitative estimate of drug-likeness (QED) is 0.683. The standard InChI is InChI=1S/C9H17NO2/c1-3-7-4-9(2,5-7)6-10-8(11)12/h7,10H,3-6H2,1-2H3,(H,11,12). The minimum atomic E-state index is -0.906. The molecule has 1 saturated carbocycles. The van der Waals surface area contributed by atoms with E-state index in [0.717, 1.165) is 5.92 Å². The predicted octanol–water partition coefficient (Wildman–Crippen LogP) is 2.08. The maximum atomic E-state index is 10.2. The maximum Gasteiger partial charge on any atom is 0.404 e. The normalized spacial score (nSPS) is 34.0. The average molecular weight is 171 g/mol. The molecule has 1 amide bonds. The molecule has 3 nitrogen and oxygen atoms in total. The summed E-state index contributed by atoms with van der Waals surface area (Å²) in [5, 5.41) is 10.9. The number of amides is 1. The summed E-state index contributed by atoms with van der Waals surface area (Å²) in [4.78, 5) is 10.2. The topological polar surface area (TPSA) is 49.3 Å². The molecule has 2 N–H and O–H groups in total. The van der Waals surface area contributed by atoms with Gasteiger partial charge in [-0.05, 0) is 24.2 Å². The monoisotopic (exact) mass is 171 g/mol. The SMILES string of the molecule is CCC1CC(C)(CNC(=O)O)C1. The molecule has 1 rings (SSSR count). The van der Waals surface area contributed by atoms with Crippen molar-refractivity contribution in [1.29, 1.82) is 0 Å². The maximum absolute atomic E-state index is 10.2. The third kappa shape index (κ3) is 2.13. The molecule has 1 aliphatic carbocycles. The molecule has 0 heterocycles. The lowest BCUT2D eigenvalue weighted by Crippen LogP contribution is -2.43. The fraction of sp³-hybridized carbons (Fsp3) is 0.889. The Labute approximate surface area is 73.2 Å². The van der Waals surface area contributed by atoms with Crippen LogP contribution in [0.4, 0.5) is 4.79 Å². The van der Waals surface area contributed by atoms with E-state index in [1.165, 1.54) is 19.3 Å². The second-order valence-electron chi connectivity index (χ2n) is 4.15. The third-order valence-corrected chi connectivity index (χ3v) is 2.81. The van der Waals surface area contributed by atoms with E-state index < -0.39 is 6.09 Å². The molecule has 0 aliphatic heterocycles. The Morgan fingerprint density at radius 3 is 2.67 bits per heavy atom. The van der Waals surface area contributed by atoms with Crippen LogP contribution in [-0.4, -0.2) is 17.7 Å². The predicted molar refractivity (Wildman–Crippen MR) is 47.1 cm³/mol. The Hall–Kier alpha value is -0.730. The largest absolute Gasteiger partial charge is 0.465 e. The summed E-state index contributed by atoms with van der Waals surface area (Å²) in [6.07, 6.45) is 2.66. The molecule has 0 bridgehead atoms. The summed E-state index contributed by atoms with van der Waals surface area (Å²) >= 11 is 0. The van der Waals surface area contributed by atoms with Gasteiger partial charge >= 0.3 is 6.09 Å².